The molecular weight excluding hydrogens is 696 g/mol. The van der Waals surface area contributed by atoms with Gasteiger partial charge in [0.2, 0.25) is 0 Å². The number of benzene rings is 2. The van der Waals surface area contributed by atoms with Gasteiger partial charge in [0.1, 0.15) is 23.7 Å². The topological polar surface area (TPSA) is 269 Å². The zero-order chi connectivity index (χ0) is 39.0. The smallest absolute Gasteiger partial charge is 0.352 e. The number of esters is 2. The number of oxime groups is 1. The van der Waals surface area contributed by atoms with Crippen LogP contribution in [-0.2, 0) is 35.2 Å². The number of amides is 1. The van der Waals surface area contributed by atoms with Crippen molar-refractivity contribution in [3.8, 4) is 0 Å². The molecule has 2 aromatic heterocycles. The number of nitrogens with zero attached hydrogens (tertiary/aromatic N) is 4. The lowest BCUT2D eigenvalue weighted by molar-refractivity contribution is -0.152. The van der Waals surface area contributed by atoms with Gasteiger partial charge < -0.3 is 47.5 Å². The molecule has 0 aliphatic carbocycles. The minimum atomic E-state index is -1.12. The summed E-state index contributed by atoms with van der Waals surface area (Å²) in [4.78, 5) is 68.8. The quantitative estimate of drug-likeness (QED) is 0.0189. The number of nitrogens with one attached hydrogen (secondary N) is 2. The number of hydrogen-bond acceptors (Lipinski definition) is 14. The number of aromatic nitrogens is 3. The largest absolute Gasteiger partial charge is 0.466 e. The Hall–Kier alpha value is -5.91. The van der Waals surface area contributed by atoms with E-state index in [9.17, 15) is 19.2 Å². The highest BCUT2D eigenvalue weighted by Crippen LogP contribution is 2.20. The SMILES string of the molecule is CCOC(=O)CCN(C(=O)c1ccc2nc(CNc3ccc(/C(N)=N/OC(=O)C(N)C(C)COC(=O)C(N)CCCCN)cc3)[nH]c2c1)c1ccccn1. The van der Waals surface area contributed by atoms with E-state index in [1.807, 2.05) is 0 Å². The number of ether oxygens (including phenoxy) is 2. The van der Waals surface area contributed by atoms with Crippen LogP contribution in [0.15, 0.2) is 72.0 Å². The van der Waals surface area contributed by atoms with Crippen LogP contribution < -0.4 is 33.2 Å². The van der Waals surface area contributed by atoms with Crippen molar-refractivity contribution in [2.75, 3.05) is 36.5 Å². The Morgan fingerprint density at radius 2 is 1.74 bits per heavy atom. The average molecular weight is 745 g/mol. The normalized spacial score (nSPS) is 13.1. The number of anilines is 2. The summed E-state index contributed by atoms with van der Waals surface area (Å²) in [5.41, 5.74) is 26.3. The lowest BCUT2D eigenvalue weighted by Crippen LogP contribution is -2.41. The van der Waals surface area contributed by atoms with Crippen LogP contribution in [0, 0.1) is 5.92 Å². The fourth-order valence-electron chi connectivity index (χ4n) is 5.14. The summed E-state index contributed by atoms with van der Waals surface area (Å²) in [6.45, 7) is 4.46. The van der Waals surface area contributed by atoms with Crippen molar-refractivity contribution in [1.82, 2.24) is 15.0 Å². The zero-order valence-electron chi connectivity index (χ0n) is 30.4. The van der Waals surface area contributed by atoms with Crippen molar-refractivity contribution in [3.05, 3.63) is 83.8 Å². The molecule has 0 saturated carbocycles. The number of fused-ring (bicyclic) bond motifs is 1. The minimum absolute atomic E-state index is 0.0227. The van der Waals surface area contributed by atoms with E-state index in [0.29, 0.717) is 59.7 Å². The highest BCUT2D eigenvalue weighted by Gasteiger charge is 2.26. The second-order valence-electron chi connectivity index (χ2n) is 12.5. The van der Waals surface area contributed by atoms with Crippen molar-refractivity contribution >= 4 is 52.2 Å². The maximum Gasteiger partial charge on any atom is 0.352 e. The molecule has 288 valence electrons. The van der Waals surface area contributed by atoms with Gasteiger partial charge in [-0.3, -0.25) is 19.3 Å². The highest BCUT2D eigenvalue weighted by molar-refractivity contribution is 6.07. The lowest BCUT2D eigenvalue weighted by Gasteiger charge is -2.21. The van der Waals surface area contributed by atoms with E-state index in [-0.39, 0.29) is 37.9 Å². The molecule has 0 saturated heterocycles. The van der Waals surface area contributed by atoms with E-state index < -0.39 is 35.9 Å². The summed E-state index contributed by atoms with van der Waals surface area (Å²) >= 11 is 0. The van der Waals surface area contributed by atoms with Gasteiger partial charge in [0.05, 0.1) is 37.2 Å². The van der Waals surface area contributed by atoms with Crippen LogP contribution >= 0.6 is 0 Å². The second kappa shape index (κ2) is 20.4. The molecule has 0 bridgehead atoms. The number of H-pyrrole nitrogens is 1. The van der Waals surface area contributed by atoms with Crippen molar-refractivity contribution in [1.29, 1.82) is 0 Å². The molecule has 2 heterocycles. The van der Waals surface area contributed by atoms with Crippen LogP contribution in [0.1, 0.15) is 61.3 Å². The fraction of sp³-hybridized carbons (Fsp3) is 0.378. The average Bonchev–Trinajstić information content (AvgIpc) is 3.60. The number of amidine groups is 1. The first-order valence-corrected chi connectivity index (χ1v) is 17.6. The van der Waals surface area contributed by atoms with E-state index in [1.165, 1.54) is 4.90 Å². The summed E-state index contributed by atoms with van der Waals surface area (Å²) in [6, 6.07) is 15.4. The van der Waals surface area contributed by atoms with Crippen molar-refractivity contribution in [2.45, 2.75) is 58.2 Å². The van der Waals surface area contributed by atoms with Gasteiger partial charge >= 0.3 is 17.9 Å². The third-order valence-electron chi connectivity index (χ3n) is 8.31. The Bertz CT molecular complexity index is 1890. The van der Waals surface area contributed by atoms with Gasteiger partial charge in [0.15, 0.2) is 5.84 Å². The number of carbonyl (C=O) groups excluding carboxylic acids is 4. The number of pyridine rings is 1. The number of hydrogen-bond donors (Lipinski definition) is 6. The Balaban J connectivity index is 1.29. The maximum atomic E-state index is 13.6. The minimum Gasteiger partial charge on any atom is -0.466 e. The van der Waals surface area contributed by atoms with Crippen LogP contribution in [0.4, 0.5) is 11.5 Å². The van der Waals surface area contributed by atoms with Crippen LogP contribution in [0.2, 0.25) is 0 Å². The summed E-state index contributed by atoms with van der Waals surface area (Å²) in [5, 5.41) is 6.99. The van der Waals surface area contributed by atoms with Gasteiger partial charge in [-0.25, -0.2) is 14.8 Å². The zero-order valence-corrected chi connectivity index (χ0v) is 30.4. The molecule has 1 amide bonds. The van der Waals surface area contributed by atoms with Gasteiger partial charge in [0, 0.05) is 35.5 Å². The molecule has 0 spiro atoms. The van der Waals surface area contributed by atoms with Crippen LogP contribution in [0.5, 0.6) is 0 Å². The predicted molar refractivity (Wildman–Crippen MR) is 203 cm³/mol. The third-order valence-corrected chi connectivity index (χ3v) is 8.31. The molecule has 3 atom stereocenters. The molecule has 17 heteroatoms. The Kier molecular flexibility index (Phi) is 15.4. The Morgan fingerprint density at radius 3 is 2.44 bits per heavy atom. The van der Waals surface area contributed by atoms with Gasteiger partial charge in [-0.1, -0.05) is 24.6 Å². The summed E-state index contributed by atoms with van der Waals surface area (Å²) in [7, 11) is 0. The van der Waals surface area contributed by atoms with E-state index in [1.54, 1.807) is 80.7 Å². The summed E-state index contributed by atoms with van der Waals surface area (Å²) in [5.74, 6) is -1.70. The first-order chi connectivity index (χ1) is 26.0. The first-order valence-electron chi connectivity index (χ1n) is 17.6. The van der Waals surface area contributed by atoms with Crippen LogP contribution in [0.3, 0.4) is 0 Å². The van der Waals surface area contributed by atoms with Crippen molar-refractivity contribution < 1.29 is 33.5 Å². The molecule has 0 fully saturated rings. The van der Waals surface area contributed by atoms with Crippen LogP contribution in [-0.4, -0.2) is 83.0 Å². The van der Waals surface area contributed by atoms with E-state index in [0.717, 1.165) is 12.1 Å². The number of aromatic amines is 1. The third kappa shape index (κ3) is 11.8. The second-order valence-corrected chi connectivity index (χ2v) is 12.5. The summed E-state index contributed by atoms with van der Waals surface area (Å²) in [6.07, 6.45) is 3.52. The fourth-order valence-corrected chi connectivity index (χ4v) is 5.14. The molecule has 17 nitrogen and oxygen atoms in total. The predicted octanol–water partition coefficient (Wildman–Crippen LogP) is 2.30. The number of rotatable bonds is 20. The van der Waals surface area contributed by atoms with Gasteiger partial charge in [-0.2, -0.15) is 0 Å². The van der Waals surface area contributed by atoms with Gasteiger partial charge in [-0.05, 0) is 80.9 Å². The first kappa shape index (κ1) is 40.9. The number of nitrogens with two attached hydrogens (primary N) is 4. The molecule has 3 unspecified atom stereocenters. The van der Waals surface area contributed by atoms with Crippen molar-refractivity contribution in [2.24, 2.45) is 34.0 Å². The molecular formula is C37H48N10O7. The molecule has 2 aromatic carbocycles. The van der Waals surface area contributed by atoms with Crippen LogP contribution in [0.25, 0.3) is 11.0 Å². The molecule has 0 aliphatic heterocycles. The lowest BCUT2D eigenvalue weighted by atomic mass is 10.0. The van der Waals surface area contributed by atoms with Gasteiger partial charge in [0.25, 0.3) is 5.91 Å². The van der Waals surface area contributed by atoms with Crippen molar-refractivity contribution in [3.63, 3.8) is 0 Å². The molecule has 54 heavy (non-hydrogen) atoms. The highest BCUT2D eigenvalue weighted by atomic mass is 16.7. The van der Waals surface area contributed by atoms with E-state index in [4.69, 9.17) is 37.2 Å². The molecule has 4 rings (SSSR count). The molecule has 0 aliphatic rings. The van der Waals surface area contributed by atoms with E-state index in [2.05, 4.69) is 25.4 Å². The van der Waals surface area contributed by atoms with E-state index >= 15 is 0 Å². The number of imidazole rings is 1. The molecule has 0 radical (unpaired) electrons. The number of unbranched alkanes of at least 4 members (excludes halogenated alkanes) is 1. The monoisotopic (exact) mass is 744 g/mol. The Labute approximate surface area is 312 Å². The standard InChI is InChI=1S/C37H48N10O7/c1-3-52-32(48)16-19-47(31-9-5-7-18-42-31)35(49)25-12-15-28-29(20-25)45-30(44-28)21-43-26-13-10-24(11-14-26)34(41)46-54-37(51)33(40)23(2)22-53-36(50)27(39)8-4-6-17-38/h5,7,9-15,18,20,23,27,33,43H,3-4,6,8,16-17,19,21-22,38-40H2,1-2H3,(H2,41,46)(H,44,45). The van der Waals surface area contributed by atoms with Gasteiger partial charge in [-0.15, -0.1) is 0 Å². The number of carbonyl (C=O) groups is 4. The molecule has 4 aromatic rings. The summed E-state index contributed by atoms with van der Waals surface area (Å²) < 4.78 is 10.2. The molecule has 10 N–H and O–H groups in total. The Morgan fingerprint density at radius 1 is 0.981 bits per heavy atom. The maximum absolute atomic E-state index is 13.6.